The van der Waals surface area contributed by atoms with Crippen molar-refractivity contribution in [3.8, 4) is 11.3 Å². The fraction of sp³-hybridized carbons (Fsp3) is 0.316. The summed E-state index contributed by atoms with van der Waals surface area (Å²) in [4.78, 5) is 11.6. The molecule has 1 aromatic carbocycles. The number of fused-ring (bicyclic) bond motifs is 1. The molecule has 0 atom stereocenters. The van der Waals surface area contributed by atoms with E-state index in [2.05, 4.69) is 45.0 Å². The van der Waals surface area contributed by atoms with Gasteiger partial charge in [-0.1, -0.05) is 45.0 Å². The van der Waals surface area contributed by atoms with Gasteiger partial charge in [0.25, 0.3) is 0 Å². The predicted molar refractivity (Wildman–Crippen MR) is 89.3 cm³/mol. The van der Waals surface area contributed by atoms with E-state index in [1.807, 2.05) is 23.7 Å². The summed E-state index contributed by atoms with van der Waals surface area (Å²) in [6.07, 6.45) is 0. The first-order chi connectivity index (χ1) is 10.3. The molecular weight excluding hydrogens is 274 g/mol. The van der Waals surface area contributed by atoms with Crippen LogP contribution in [0.4, 0.5) is 0 Å². The Labute approximate surface area is 130 Å². The third-order valence-corrected chi connectivity index (χ3v) is 4.13. The third-order valence-electron chi connectivity index (χ3n) is 4.13. The van der Waals surface area contributed by atoms with E-state index < -0.39 is 0 Å². The molecule has 3 nitrogen and oxygen atoms in total. The average Bonchev–Trinajstić information content (AvgIpc) is 2.98. The summed E-state index contributed by atoms with van der Waals surface area (Å²) < 4.78 is 7.80. The Morgan fingerprint density at radius 3 is 2.23 bits per heavy atom. The highest BCUT2D eigenvalue weighted by Crippen LogP contribution is 2.31. The van der Waals surface area contributed by atoms with Crippen molar-refractivity contribution in [3.05, 3.63) is 47.7 Å². The second-order valence-corrected chi connectivity index (χ2v) is 6.83. The second kappa shape index (κ2) is 4.87. The van der Waals surface area contributed by atoms with Crippen LogP contribution in [-0.2, 0) is 12.5 Å². The number of hydrogen-bond donors (Lipinski definition) is 0. The second-order valence-electron chi connectivity index (χ2n) is 6.83. The largest absolute Gasteiger partial charge is 0.454 e. The normalized spacial score (nSPS) is 12.0. The van der Waals surface area contributed by atoms with E-state index in [0.29, 0.717) is 5.69 Å². The molecule has 2 aromatic heterocycles. The minimum Gasteiger partial charge on any atom is -0.454 e. The number of ketones is 1. The summed E-state index contributed by atoms with van der Waals surface area (Å²) in [6, 6.07) is 12.3. The van der Waals surface area contributed by atoms with Gasteiger partial charge in [0.1, 0.15) is 5.76 Å². The number of aromatic nitrogens is 1. The predicted octanol–water partition coefficient (Wildman–Crippen LogP) is 4.94. The molecule has 0 radical (unpaired) electrons. The van der Waals surface area contributed by atoms with E-state index in [4.69, 9.17) is 4.42 Å². The molecule has 0 N–H and O–H groups in total. The number of carbonyl (C=O) groups excluding carboxylic acids is 1. The SMILES string of the molecule is CC(=O)c1cc2oc(-c3ccc(C(C)(C)C)cc3)cc2n1C. The minimum absolute atomic E-state index is 0.0463. The zero-order valence-corrected chi connectivity index (χ0v) is 13.7. The molecule has 0 aliphatic heterocycles. The van der Waals surface area contributed by atoms with E-state index in [-0.39, 0.29) is 11.2 Å². The zero-order chi connectivity index (χ0) is 16.1. The van der Waals surface area contributed by atoms with Crippen LogP contribution in [0.3, 0.4) is 0 Å². The van der Waals surface area contributed by atoms with Gasteiger partial charge in [-0.3, -0.25) is 4.79 Å². The van der Waals surface area contributed by atoms with Crippen LogP contribution in [0.25, 0.3) is 22.4 Å². The van der Waals surface area contributed by atoms with Crippen LogP contribution in [0.5, 0.6) is 0 Å². The molecule has 0 saturated heterocycles. The number of carbonyl (C=O) groups is 1. The molecule has 0 spiro atoms. The van der Waals surface area contributed by atoms with Crippen molar-refractivity contribution in [1.82, 2.24) is 4.57 Å². The lowest BCUT2D eigenvalue weighted by Crippen LogP contribution is -2.10. The number of benzene rings is 1. The lowest BCUT2D eigenvalue weighted by molar-refractivity contribution is 0.101. The van der Waals surface area contributed by atoms with Crippen molar-refractivity contribution in [2.75, 3.05) is 0 Å². The molecule has 0 bridgehead atoms. The number of aryl methyl sites for hydroxylation is 1. The van der Waals surface area contributed by atoms with E-state index >= 15 is 0 Å². The van der Waals surface area contributed by atoms with Crippen molar-refractivity contribution in [2.24, 2.45) is 7.05 Å². The lowest BCUT2D eigenvalue weighted by Gasteiger charge is -2.18. The lowest BCUT2D eigenvalue weighted by atomic mass is 9.86. The van der Waals surface area contributed by atoms with Gasteiger partial charge < -0.3 is 8.98 Å². The molecule has 3 heteroatoms. The van der Waals surface area contributed by atoms with Crippen LogP contribution < -0.4 is 0 Å². The highest BCUT2D eigenvalue weighted by molar-refractivity contribution is 5.98. The Kier molecular flexibility index (Phi) is 3.24. The van der Waals surface area contributed by atoms with Gasteiger partial charge >= 0.3 is 0 Å². The topological polar surface area (TPSA) is 35.1 Å². The highest BCUT2D eigenvalue weighted by atomic mass is 16.3. The third kappa shape index (κ3) is 2.37. The van der Waals surface area contributed by atoms with Crippen LogP contribution in [0.15, 0.2) is 40.8 Å². The van der Waals surface area contributed by atoms with E-state index in [1.165, 1.54) is 5.56 Å². The summed E-state index contributed by atoms with van der Waals surface area (Å²) in [7, 11) is 1.89. The molecule has 0 aliphatic carbocycles. The van der Waals surface area contributed by atoms with Crippen LogP contribution in [0.1, 0.15) is 43.7 Å². The number of rotatable bonds is 2. The van der Waals surface area contributed by atoms with Crippen molar-refractivity contribution in [2.45, 2.75) is 33.1 Å². The first-order valence-corrected chi connectivity index (χ1v) is 7.48. The number of Topliss-reactive ketones (excluding diaryl/α,β-unsaturated/α-hetero) is 1. The zero-order valence-electron chi connectivity index (χ0n) is 13.7. The summed E-state index contributed by atoms with van der Waals surface area (Å²) in [5, 5.41) is 0. The van der Waals surface area contributed by atoms with E-state index in [1.54, 1.807) is 6.92 Å². The number of furan rings is 1. The number of nitrogens with zero attached hydrogens (tertiary/aromatic N) is 1. The molecule has 0 saturated carbocycles. The molecule has 3 aromatic rings. The molecule has 22 heavy (non-hydrogen) atoms. The average molecular weight is 295 g/mol. The van der Waals surface area contributed by atoms with Gasteiger partial charge in [-0.2, -0.15) is 0 Å². The Bertz CT molecular complexity index is 842. The van der Waals surface area contributed by atoms with Crippen molar-refractivity contribution >= 4 is 16.9 Å². The molecule has 0 unspecified atom stereocenters. The molecule has 0 aliphatic rings. The maximum absolute atomic E-state index is 11.6. The Morgan fingerprint density at radius 1 is 1.09 bits per heavy atom. The summed E-state index contributed by atoms with van der Waals surface area (Å²) in [6.45, 7) is 8.17. The number of hydrogen-bond acceptors (Lipinski definition) is 2. The van der Waals surface area contributed by atoms with Crippen LogP contribution in [0.2, 0.25) is 0 Å². The quantitative estimate of drug-likeness (QED) is 0.628. The van der Waals surface area contributed by atoms with Gasteiger partial charge in [0.15, 0.2) is 11.4 Å². The molecule has 0 fully saturated rings. The maximum atomic E-state index is 11.6. The Balaban J connectivity index is 2.02. The molecule has 2 heterocycles. The first kappa shape index (κ1) is 14.6. The van der Waals surface area contributed by atoms with Gasteiger partial charge in [-0.25, -0.2) is 0 Å². The van der Waals surface area contributed by atoms with Crippen molar-refractivity contribution in [1.29, 1.82) is 0 Å². The van der Waals surface area contributed by atoms with Gasteiger partial charge in [-0.15, -0.1) is 0 Å². The fourth-order valence-corrected chi connectivity index (χ4v) is 2.73. The standard InChI is InChI=1S/C19H21NO2/c1-12(21)15-10-18-16(20(15)5)11-17(22-18)13-6-8-14(9-7-13)19(2,3)4/h6-11H,1-5H3. The van der Waals surface area contributed by atoms with E-state index in [9.17, 15) is 4.79 Å². The van der Waals surface area contributed by atoms with Gasteiger partial charge in [0.2, 0.25) is 0 Å². The highest BCUT2D eigenvalue weighted by Gasteiger charge is 2.16. The van der Waals surface area contributed by atoms with Crippen LogP contribution in [-0.4, -0.2) is 10.4 Å². The van der Waals surface area contributed by atoms with Crippen LogP contribution >= 0.6 is 0 Å². The molecule has 3 rings (SSSR count). The molecule has 0 amide bonds. The summed E-state index contributed by atoms with van der Waals surface area (Å²) in [5.41, 5.74) is 4.86. The van der Waals surface area contributed by atoms with E-state index in [0.717, 1.165) is 22.4 Å². The minimum atomic E-state index is 0.0463. The maximum Gasteiger partial charge on any atom is 0.176 e. The summed E-state index contributed by atoms with van der Waals surface area (Å²) >= 11 is 0. The molecule has 114 valence electrons. The molecular formula is C19H21NO2. The smallest absolute Gasteiger partial charge is 0.176 e. The summed E-state index contributed by atoms with van der Waals surface area (Å²) in [5.74, 6) is 0.876. The van der Waals surface area contributed by atoms with Crippen molar-refractivity contribution < 1.29 is 9.21 Å². The first-order valence-electron chi connectivity index (χ1n) is 7.48. The van der Waals surface area contributed by atoms with Gasteiger partial charge in [-0.05, 0) is 11.0 Å². The fourth-order valence-electron chi connectivity index (χ4n) is 2.73. The Hall–Kier alpha value is -2.29. The van der Waals surface area contributed by atoms with Crippen molar-refractivity contribution in [3.63, 3.8) is 0 Å². The Morgan fingerprint density at radius 2 is 1.73 bits per heavy atom. The monoisotopic (exact) mass is 295 g/mol. The van der Waals surface area contributed by atoms with Gasteiger partial charge in [0.05, 0.1) is 11.2 Å². The van der Waals surface area contributed by atoms with Crippen LogP contribution in [0, 0.1) is 0 Å². The van der Waals surface area contributed by atoms with Gasteiger partial charge in [0, 0.05) is 31.7 Å².